The van der Waals surface area contributed by atoms with E-state index < -0.39 is 4.92 Å². The molecule has 1 aromatic carbocycles. The van der Waals surface area contributed by atoms with Crippen molar-refractivity contribution in [2.75, 3.05) is 23.0 Å². The molecule has 0 radical (unpaired) electrons. The average Bonchev–Trinajstić information content (AvgIpc) is 2.46. The molecule has 1 fully saturated rings. The van der Waals surface area contributed by atoms with Gasteiger partial charge in [0.2, 0.25) is 0 Å². The standard InChI is InChI=1S/C12H16N4O3S/c1-8-7-20-5-4-15(8)11-3-2-9(16(18)19)6-10(11)12(13)14-17/h2-3,6,8,17H,4-5,7H2,1H3,(H2,13,14). The maximum absolute atomic E-state index is 10.9. The van der Waals surface area contributed by atoms with E-state index in [0.29, 0.717) is 11.6 Å². The number of rotatable bonds is 3. The van der Waals surface area contributed by atoms with Crippen LogP contribution in [0.25, 0.3) is 0 Å². The molecule has 1 aliphatic heterocycles. The van der Waals surface area contributed by atoms with Crippen LogP contribution in [0.3, 0.4) is 0 Å². The Bertz CT molecular complexity index is 550. The summed E-state index contributed by atoms with van der Waals surface area (Å²) in [6, 6.07) is 4.75. The molecular weight excluding hydrogens is 280 g/mol. The predicted molar refractivity (Wildman–Crippen MR) is 79.7 cm³/mol. The monoisotopic (exact) mass is 296 g/mol. The van der Waals surface area contributed by atoms with Gasteiger partial charge in [-0.15, -0.1) is 0 Å². The summed E-state index contributed by atoms with van der Waals surface area (Å²) in [6.45, 7) is 2.92. The molecule has 1 heterocycles. The minimum absolute atomic E-state index is 0.0746. The molecule has 2 rings (SSSR count). The summed E-state index contributed by atoms with van der Waals surface area (Å²) in [5, 5.41) is 22.7. The van der Waals surface area contributed by atoms with Crippen molar-refractivity contribution in [1.82, 2.24) is 0 Å². The molecule has 8 heteroatoms. The third-order valence-electron chi connectivity index (χ3n) is 3.25. The number of oxime groups is 1. The number of nitrogens with two attached hydrogens (primary N) is 1. The van der Waals surface area contributed by atoms with E-state index >= 15 is 0 Å². The minimum Gasteiger partial charge on any atom is -0.409 e. The lowest BCUT2D eigenvalue weighted by molar-refractivity contribution is -0.384. The van der Waals surface area contributed by atoms with E-state index in [9.17, 15) is 10.1 Å². The van der Waals surface area contributed by atoms with Crippen LogP contribution in [0.15, 0.2) is 23.4 Å². The van der Waals surface area contributed by atoms with Gasteiger partial charge in [0.25, 0.3) is 5.69 Å². The zero-order valence-electron chi connectivity index (χ0n) is 11.0. The third-order valence-corrected chi connectivity index (χ3v) is 4.44. The molecule has 1 aromatic rings. The number of nitro groups is 1. The number of thioether (sulfide) groups is 1. The predicted octanol–water partition coefficient (Wildman–Crippen LogP) is 1.63. The normalized spacial score (nSPS) is 19.9. The molecule has 0 aliphatic carbocycles. The van der Waals surface area contributed by atoms with Crippen LogP contribution in [-0.4, -0.2) is 40.1 Å². The SMILES string of the molecule is CC1CSCCN1c1ccc([N+](=O)[O-])cc1C(N)=NO. The lowest BCUT2D eigenvalue weighted by Crippen LogP contribution is -2.41. The van der Waals surface area contributed by atoms with Gasteiger partial charge >= 0.3 is 0 Å². The number of nitro benzene ring substituents is 1. The van der Waals surface area contributed by atoms with Gasteiger partial charge in [-0.2, -0.15) is 11.8 Å². The number of hydrogen-bond donors (Lipinski definition) is 2. The second kappa shape index (κ2) is 6.00. The van der Waals surface area contributed by atoms with Crippen LogP contribution in [0.5, 0.6) is 0 Å². The molecule has 108 valence electrons. The molecule has 1 aliphatic rings. The second-order valence-electron chi connectivity index (χ2n) is 4.56. The summed E-state index contributed by atoms with van der Waals surface area (Å²) in [5.41, 5.74) is 6.74. The number of hydrogen-bond acceptors (Lipinski definition) is 6. The van der Waals surface area contributed by atoms with Crippen molar-refractivity contribution >= 4 is 29.0 Å². The molecular formula is C12H16N4O3S. The van der Waals surface area contributed by atoms with Gasteiger partial charge in [-0.1, -0.05) is 5.16 Å². The molecule has 1 unspecified atom stereocenters. The van der Waals surface area contributed by atoms with Crippen LogP contribution in [0.4, 0.5) is 11.4 Å². The number of nitrogens with zero attached hydrogens (tertiary/aromatic N) is 3. The van der Waals surface area contributed by atoms with Crippen LogP contribution in [0, 0.1) is 10.1 Å². The fourth-order valence-electron chi connectivity index (χ4n) is 2.23. The van der Waals surface area contributed by atoms with Crippen LogP contribution in [-0.2, 0) is 0 Å². The van der Waals surface area contributed by atoms with E-state index in [4.69, 9.17) is 10.9 Å². The highest BCUT2D eigenvalue weighted by Crippen LogP contribution is 2.30. The van der Waals surface area contributed by atoms with Gasteiger partial charge in [-0.3, -0.25) is 10.1 Å². The smallest absolute Gasteiger partial charge is 0.270 e. The van der Waals surface area contributed by atoms with Crippen molar-refractivity contribution in [3.63, 3.8) is 0 Å². The van der Waals surface area contributed by atoms with E-state index in [0.717, 1.165) is 23.7 Å². The maximum atomic E-state index is 10.9. The van der Waals surface area contributed by atoms with Gasteiger partial charge < -0.3 is 15.8 Å². The highest BCUT2D eigenvalue weighted by Gasteiger charge is 2.24. The molecule has 0 amide bonds. The average molecular weight is 296 g/mol. The van der Waals surface area contributed by atoms with E-state index in [-0.39, 0.29) is 11.5 Å². The second-order valence-corrected chi connectivity index (χ2v) is 5.71. The van der Waals surface area contributed by atoms with Gasteiger partial charge in [0.1, 0.15) is 0 Å². The van der Waals surface area contributed by atoms with Crippen LogP contribution >= 0.6 is 11.8 Å². The van der Waals surface area contributed by atoms with Crippen LogP contribution < -0.4 is 10.6 Å². The summed E-state index contributed by atoms with van der Waals surface area (Å²) >= 11 is 1.87. The van der Waals surface area contributed by atoms with Crippen molar-refractivity contribution in [3.05, 3.63) is 33.9 Å². The van der Waals surface area contributed by atoms with Crippen molar-refractivity contribution in [2.45, 2.75) is 13.0 Å². The lowest BCUT2D eigenvalue weighted by atomic mass is 10.1. The largest absolute Gasteiger partial charge is 0.409 e. The topological polar surface area (TPSA) is 105 Å². The summed E-state index contributed by atoms with van der Waals surface area (Å²) in [7, 11) is 0. The number of amidine groups is 1. The molecule has 0 bridgehead atoms. The zero-order valence-corrected chi connectivity index (χ0v) is 11.8. The highest BCUT2D eigenvalue weighted by atomic mass is 32.2. The Labute approximate surface area is 120 Å². The summed E-state index contributed by atoms with van der Waals surface area (Å²) in [4.78, 5) is 12.5. The summed E-state index contributed by atoms with van der Waals surface area (Å²) < 4.78 is 0. The lowest BCUT2D eigenvalue weighted by Gasteiger charge is -2.36. The van der Waals surface area contributed by atoms with E-state index in [1.165, 1.54) is 12.1 Å². The first-order valence-electron chi connectivity index (χ1n) is 6.15. The van der Waals surface area contributed by atoms with Gasteiger partial charge in [0, 0.05) is 41.9 Å². The Morgan fingerprint density at radius 2 is 2.40 bits per heavy atom. The van der Waals surface area contributed by atoms with Crippen LogP contribution in [0.2, 0.25) is 0 Å². The van der Waals surface area contributed by atoms with Gasteiger partial charge in [-0.25, -0.2) is 0 Å². The Kier molecular flexibility index (Phi) is 4.33. The van der Waals surface area contributed by atoms with Crippen molar-refractivity contribution < 1.29 is 10.1 Å². The van der Waals surface area contributed by atoms with Crippen molar-refractivity contribution in [3.8, 4) is 0 Å². The van der Waals surface area contributed by atoms with E-state index in [2.05, 4.69) is 17.0 Å². The molecule has 0 spiro atoms. The van der Waals surface area contributed by atoms with Crippen molar-refractivity contribution in [2.24, 2.45) is 10.9 Å². The molecule has 7 nitrogen and oxygen atoms in total. The fourth-order valence-corrected chi connectivity index (χ4v) is 3.25. The Morgan fingerprint density at radius 1 is 1.65 bits per heavy atom. The van der Waals surface area contributed by atoms with Crippen molar-refractivity contribution in [1.29, 1.82) is 0 Å². The molecule has 0 saturated carbocycles. The maximum Gasteiger partial charge on any atom is 0.270 e. The zero-order chi connectivity index (χ0) is 14.7. The highest BCUT2D eigenvalue weighted by molar-refractivity contribution is 7.99. The molecule has 1 saturated heterocycles. The molecule has 3 N–H and O–H groups in total. The van der Waals surface area contributed by atoms with Gasteiger partial charge in [0.05, 0.1) is 10.5 Å². The minimum atomic E-state index is -0.493. The molecule has 0 aromatic heterocycles. The number of non-ortho nitro benzene ring substituents is 1. The van der Waals surface area contributed by atoms with Gasteiger partial charge in [0.15, 0.2) is 5.84 Å². The quantitative estimate of drug-likeness (QED) is 0.289. The van der Waals surface area contributed by atoms with E-state index in [1.54, 1.807) is 6.07 Å². The first kappa shape index (κ1) is 14.4. The summed E-state index contributed by atoms with van der Waals surface area (Å²) in [6.07, 6.45) is 0. The molecule has 20 heavy (non-hydrogen) atoms. The van der Waals surface area contributed by atoms with Crippen LogP contribution in [0.1, 0.15) is 12.5 Å². The molecule has 1 atom stereocenters. The number of anilines is 1. The number of benzene rings is 1. The fraction of sp³-hybridized carbons (Fsp3) is 0.417. The summed E-state index contributed by atoms with van der Waals surface area (Å²) in [5.74, 6) is 1.85. The first-order valence-corrected chi connectivity index (χ1v) is 7.30. The first-order chi connectivity index (χ1) is 9.54. The Morgan fingerprint density at radius 3 is 3.00 bits per heavy atom. The third kappa shape index (κ3) is 2.79. The Hall–Kier alpha value is -1.96. The Balaban J connectivity index is 2.48. The van der Waals surface area contributed by atoms with Gasteiger partial charge in [-0.05, 0) is 13.0 Å². The van der Waals surface area contributed by atoms with E-state index in [1.807, 2.05) is 11.8 Å².